The predicted molar refractivity (Wildman–Crippen MR) is 102 cm³/mol. The Morgan fingerprint density at radius 1 is 0.862 bits per heavy atom. The Bertz CT molecular complexity index is 836. The fourth-order valence-electron chi connectivity index (χ4n) is 3.62. The molecule has 0 unspecified atom stereocenters. The van der Waals surface area contributed by atoms with E-state index < -0.39 is 23.7 Å². The molecular formula is C22H23F3O4. The molecule has 2 aromatic rings. The van der Waals surface area contributed by atoms with Crippen LogP contribution in [-0.4, -0.2) is 22.2 Å². The van der Waals surface area contributed by atoms with Crippen molar-refractivity contribution < 1.29 is 33.0 Å². The van der Waals surface area contributed by atoms with Crippen molar-refractivity contribution in [3.05, 3.63) is 70.3 Å². The highest BCUT2D eigenvalue weighted by Crippen LogP contribution is 2.40. The maximum absolute atomic E-state index is 12.8. The predicted octanol–water partition coefficient (Wildman–Crippen LogP) is 6.14. The number of aromatic carboxylic acids is 2. The number of rotatable bonds is 3. The van der Waals surface area contributed by atoms with Crippen molar-refractivity contribution in [3.8, 4) is 0 Å². The molecule has 2 N–H and O–H groups in total. The van der Waals surface area contributed by atoms with E-state index in [4.69, 9.17) is 10.2 Å². The maximum Gasteiger partial charge on any atom is 0.416 e. The number of halogens is 3. The average Bonchev–Trinajstić information content (AvgIpc) is 2.68. The quantitative estimate of drug-likeness (QED) is 0.639. The molecule has 1 aliphatic carbocycles. The summed E-state index contributed by atoms with van der Waals surface area (Å²) in [5.41, 5.74) is 0.388. The molecule has 0 atom stereocenters. The van der Waals surface area contributed by atoms with Gasteiger partial charge < -0.3 is 10.2 Å². The van der Waals surface area contributed by atoms with Crippen LogP contribution < -0.4 is 0 Å². The minimum absolute atomic E-state index is 0.0277. The molecule has 0 bridgehead atoms. The number of carbonyl (C=O) groups is 2. The Kier molecular flexibility index (Phi) is 7.42. The van der Waals surface area contributed by atoms with E-state index in [1.807, 2.05) is 0 Å². The Balaban J connectivity index is 0.000000212. The third kappa shape index (κ3) is 5.82. The molecule has 3 rings (SSSR count). The SMILES string of the molecule is Cc1c(C(=O)O)cccc1C(=O)O.FC(F)(F)c1ccccc1C1CCCCC1. The summed E-state index contributed by atoms with van der Waals surface area (Å²) in [6.07, 6.45) is 0.840. The number of benzene rings is 2. The van der Waals surface area contributed by atoms with Crippen LogP contribution in [0.1, 0.15) is 75.4 Å². The van der Waals surface area contributed by atoms with Crippen molar-refractivity contribution in [1.29, 1.82) is 0 Å². The van der Waals surface area contributed by atoms with Crippen LogP contribution in [0.5, 0.6) is 0 Å². The van der Waals surface area contributed by atoms with E-state index in [-0.39, 0.29) is 22.6 Å². The van der Waals surface area contributed by atoms with Crippen molar-refractivity contribution in [3.63, 3.8) is 0 Å². The number of hydrogen-bond acceptors (Lipinski definition) is 2. The summed E-state index contributed by atoms with van der Waals surface area (Å²) in [5, 5.41) is 17.4. The van der Waals surface area contributed by atoms with E-state index in [2.05, 4.69) is 0 Å². The summed E-state index contributed by atoms with van der Waals surface area (Å²) in [7, 11) is 0. The van der Waals surface area contributed by atoms with E-state index in [1.54, 1.807) is 12.1 Å². The minimum Gasteiger partial charge on any atom is -0.478 e. The normalized spacial score (nSPS) is 14.6. The summed E-state index contributed by atoms with van der Waals surface area (Å²) in [5.74, 6) is -2.12. The molecule has 0 amide bonds. The summed E-state index contributed by atoms with van der Waals surface area (Å²) in [6.45, 7) is 1.48. The van der Waals surface area contributed by atoms with Crippen LogP contribution in [0.15, 0.2) is 42.5 Å². The number of carboxylic acid groups (broad SMARTS) is 2. The molecule has 156 valence electrons. The second-order valence-electron chi connectivity index (χ2n) is 7.01. The Hall–Kier alpha value is -2.83. The molecule has 4 nitrogen and oxygen atoms in total. The first-order valence-electron chi connectivity index (χ1n) is 9.35. The van der Waals surface area contributed by atoms with Gasteiger partial charge >= 0.3 is 18.1 Å². The second-order valence-corrected chi connectivity index (χ2v) is 7.01. The fourth-order valence-corrected chi connectivity index (χ4v) is 3.62. The largest absolute Gasteiger partial charge is 0.478 e. The number of alkyl halides is 3. The molecule has 0 aromatic heterocycles. The lowest BCUT2D eigenvalue weighted by atomic mass is 9.82. The van der Waals surface area contributed by atoms with E-state index >= 15 is 0 Å². The average molecular weight is 408 g/mol. The lowest BCUT2D eigenvalue weighted by molar-refractivity contribution is -0.138. The van der Waals surface area contributed by atoms with Crippen LogP contribution in [0.2, 0.25) is 0 Å². The van der Waals surface area contributed by atoms with E-state index in [9.17, 15) is 22.8 Å². The molecule has 1 aliphatic rings. The number of hydrogen-bond donors (Lipinski definition) is 2. The highest BCUT2D eigenvalue weighted by Gasteiger charge is 2.35. The van der Waals surface area contributed by atoms with Crippen molar-refractivity contribution in [1.82, 2.24) is 0 Å². The van der Waals surface area contributed by atoms with Gasteiger partial charge in [-0.25, -0.2) is 9.59 Å². The maximum atomic E-state index is 12.8. The van der Waals surface area contributed by atoms with Crippen LogP contribution in [-0.2, 0) is 6.18 Å². The van der Waals surface area contributed by atoms with E-state index in [0.717, 1.165) is 32.1 Å². The van der Waals surface area contributed by atoms with Crippen LogP contribution in [0.25, 0.3) is 0 Å². The Morgan fingerprint density at radius 3 is 1.86 bits per heavy atom. The van der Waals surface area contributed by atoms with Crippen LogP contribution in [0.4, 0.5) is 13.2 Å². The van der Waals surface area contributed by atoms with Gasteiger partial charge in [-0.2, -0.15) is 13.2 Å². The summed E-state index contributed by atoms with van der Waals surface area (Å²) >= 11 is 0. The van der Waals surface area contributed by atoms with Gasteiger partial charge in [0.15, 0.2) is 0 Å². The lowest BCUT2D eigenvalue weighted by Gasteiger charge is -2.25. The molecule has 1 fully saturated rings. The highest BCUT2D eigenvalue weighted by molar-refractivity contribution is 5.96. The first-order chi connectivity index (χ1) is 13.6. The number of carboxylic acids is 2. The molecule has 0 spiro atoms. The summed E-state index contributed by atoms with van der Waals surface area (Å²) in [6, 6.07) is 10.2. The van der Waals surface area contributed by atoms with Crippen molar-refractivity contribution in [2.24, 2.45) is 0 Å². The molecule has 0 aliphatic heterocycles. The molecule has 0 saturated heterocycles. The minimum atomic E-state index is -4.21. The molecule has 1 saturated carbocycles. The monoisotopic (exact) mass is 408 g/mol. The summed E-state index contributed by atoms with van der Waals surface area (Å²) in [4.78, 5) is 21.2. The second kappa shape index (κ2) is 9.58. The van der Waals surface area contributed by atoms with Crippen molar-refractivity contribution in [2.45, 2.75) is 51.1 Å². The lowest BCUT2D eigenvalue weighted by Crippen LogP contribution is -2.13. The Labute approximate surface area is 167 Å². The highest BCUT2D eigenvalue weighted by atomic mass is 19.4. The standard InChI is InChI=1S/C13H15F3.C9H8O4/c14-13(15,16)12-9-5-4-8-11(12)10-6-2-1-3-7-10;1-5-6(8(10)11)3-2-4-7(5)9(12)13/h4-5,8-10H,1-3,6-7H2;2-4H,1H3,(H,10,11)(H,12,13). The molecule has 7 heteroatoms. The van der Waals surface area contributed by atoms with Gasteiger partial charge in [-0.05, 0) is 55.0 Å². The van der Waals surface area contributed by atoms with Crippen molar-refractivity contribution in [2.75, 3.05) is 0 Å². The van der Waals surface area contributed by atoms with Crippen LogP contribution in [0.3, 0.4) is 0 Å². The third-order valence-electron chi connectivity index (χ3n) is 5.11. The van der Waals surface area contributed by atoms with Crippen LogP contribution in [0, 0.1) is 6.92 Å². The van der Waals surface area contributed by atoms with Gasteiger partial charge in [-0.3, -0.25) is 0 Å². The van der Waals surface area contributed by atoms with Gasteiger partial charge in [0.1, 0.15) is 0 Å². The zero-order valence-electron chi connectivity index (χ0n) is 16.0. The molecule has 29 heavy (non-hydrogen) atoms. The first-order valence-corrected chi connectivity index (χ1v) is 9.35. The molecule has 0 radical (unpaired) electrons. The van der Waals surface area contributed by atoms with Gasteiger partial charge in [0.05, 0.1) is 16.7 Å². The fraction of sp³-hybridized carbons (Fsp3) is 0.364. The van der Waals surface area contributed by atoms with Gasteiger partial charge in [0.25, 0.3) is 0 Å². The molecule has 0 heterocycles. The van der Waals surface area contributed by atoms with Crippen LogP contribution >= 0.6 is 0 Å². The zero-order chi connectivity index (χ0) is 21.6. The molecule has 2 aromatic carbocycles. The van der Waals surface area contributed by atoms with Gasteiger partial charge in [0, 0.05) is 0 Å². The van der Waals surface area contributed by atoms with E-state index in [0.29, 0.717) is 5.56 Å². The topological polar surface area (TPSA) is 74.6 Å². The van der Waals surface area contributed by atoms with Gasteiger partial charge in [-0.15, -0.1) is 0 Å². The van der Waals surface area contributed by atoms with Crippen molar-refractivity contribution >= 4 is 11.9 Å². The molecular weight excluding hydrogens is 385 g/mol. The zero-order valence-corrected chi connectivity index (χ0v) is 16.0. The smallest absolute Gasteiger partial charge is 0.416 e. The summed E-state index contributed by atoms with van der Waals surface area (Å²) < 4.78 is 38.4. The first kappa shape index (κ1) is 22.5. The van der Waals surface area contributed by atoms with Gasteiger partial charge in [-0.1, -0.05) is 43.5 Å². The third-order valence-corrected chi connectivity index (χ3v) is 5.11. The Morgan fingerprint density at radius 2 is 1.38 bits per heavy atom. The van der Waals surface area contributed by atoms with Gasteiger partial charge in [0.2, 0.25) is 0 Å². The van der Waals surface area contributed by atoms with E-state index in [1.165, 1.54) is 37.3 Å².